The fraction of sp³-hybridized carbons (Fsp3) is 0.667. The van der Waals surface area contributed by atoms with Crippen LogP contribution in [0, 0.1) is 0 Å². The molecule has 1 aliphatic heterocycles. The molecular formula is C15H24N2O. The van der Waals surface area contributed by atoms with Gasteiger partial charge in [-0.3, -0.25) is 4.98 Å². The number of ether oxygens (including phenoxy) is 1. The molecule has 1 aromatic heterocycles. The number of aromatic nitrogens is 1. The highest BCUT2D eigenvalue weighted by molar-refractivity contribution is 5.12. The van der Waals surface area contributed by atoms with Crippen molar-refractivity contribution in [2.45, 2.75) is 57.8 Å². The monoisotopic (exact) mass is 248 g/mol. The molecule has 0 bridgehead atoms. The Morgan fingerprint density at radius 2 is 2.17 bits per heavy atom. The largest absolute Gasteiger partial charge is 0.374 e. The van der Waals surface area contributed by atoms with Crippen LogP contribution < -0.4 is 5.32 Å². The average molecular weight is 248 g/mol. The molecule has 0 spiro atoms. The highest BCUT2D eigenvalue weighted by Crippen LogP contribution is 2.23. The molecule has 1 saturated heterocycles. The van der Waals surface area contributed by atoms with Gasteiger partial charge in [0.1, 0.15) is 0 Å². The summed E-state index contributed by atoms with van der Waals surface area (Å²) in [5.41, 5.74) is 1.33. The van der Waals surface area contributed by atoms with Gasteiger partial charge >= 0.3 is 0 Å². The molecule has 3 atom stereocenters. The lowest BCUT2D eigenvalue weighted by molar-refractivity contribution is 0.0321. The van der Waals surface area contributed by atoms with Crippen LogP contribution in [0.1, 0.15) is 38.7 Å². The Morgan fingerprint density at radius 3 is 2.78 bits per heavy atom. The van der Waals surface area contributed by atoms with Crippen LogP contribution in [0.25, 0.3) is 0 Å². The van der Waals surface area contributed by atoms with Crippen LogP contribution in [-0.2, 0) is 11.2 Å². The number of hydrogen-bond donors (Lipinski definition) is 1. The first-order chi connectivity index (χ1) is 8.79. The number of rotatable bonds is 6. The van der Waals surface area contributed by atoms with Gasteiger partial charge in [-0.1, -0.05) is 6.92 Å². The van der Waals surface area contributed by atoms with E-state index in [1.807, 2.05) is 12.4 Å². The van der Waals surface area contributed by atoms with Crippen molar-refractivity contribution in [2.24, 2.45) is 0 Å². The van der Waals surface area contributed by atoms with Crippen molar-refractivity contribution < 1.29 is 4.74 Å². The van der Waals surface area contributed by atoms with Gasteiger partial charge in [-0.25, -0.2) is 0 Å². The second-order valence-corrected chi connectivity index (χ2v) is 5.18. The molecule has 1 aromatic rings. The Kier molecular flexibility index (Phi) is 5.14. The molecule has 3 heteroatoms. The molecule has 1 N–H and O–H groups in total. The zero-order chi connectivity index (χ0) is 12.8. The van der Waals surface area contributed by atoms with E-state index in [1.54, 1.807) is 0 Å². The Morgan fingerprint density at radius 1 is 1.39 bits per heavy atom. The minimum atomic E-state index is 0.361. The Balaban J connectivity index is 1.96. The highest BCUT2D eigenvalue weighted by Gasteiger charge is 2.29. The second-order valence-electron chi connectivity index (χ2n) is 5.18. The van der Waals surface area contributed by atoms with E-state index < -0.39 is 0 Å². The summed E-state index contributed by atoms with van der Waals surface area (Å²) < 4.78 is 6.01. The van der Waals surface area contributed by atoms with Gasteiger partial charge in [0.05, 0.1) is 12.2 Å². The van der Waals surface area contributed by atoms with Crippen molar-refractivity contribution in [3.63, 3.8) is 0 Å². The maximum absolute atomic E-state index is 6.01. The van der Waals surface area contributed by atoms with Crippen molar-refractivity contribution in [3.05, 3.63) is 30.1 Å². The maximum Gasteiger partial charge on any atom is 0.0735 e. The topological polar surface area (TPSA) is 34.2 Å². The summed E-state index contributed by atoms with van der Waals surface area (Å²) in [5.74, 6) is 0. The fourth-order valence-corrected chi connectivity index (χ4v) is 2.57. The molecule has 3 unspecified atom stereocenters. The van der Waals surface area contributed by atoms with Crippen molar-refractivity contribution in [2.75, 3.05) is 6.54 Å². The van der Waals surface area contributed by atoms with Crippen molar-refractivity contribution in [3.8, 4) is 0 Å². The molecule has 0 amide bonds. The fourth-order valence-electron chi connectivity index (χ4n) is 2.57. The molecule has 2 heterocycles. The number of pyridine rings is 1. The number of hydrogen-bond acceptors (Lipinski definition) is 3. The van der Waals surface area contributed by atoms with Crippen molar-refractivity contribution in [1.82, 2.24) is 10.3 Å². The molecule has 0 aliphatic carbocycles. The molecular weight excluding hydrogens is 224 g/mol. The second kappa shape index (κ2) is 6.86. The van der Waals surface area contributed by atoms with Crippen molar-refractivity contribution >= 4 is 0 Å². The van der Waals surface area contributed by atoms with Gasteiger partial charge in [-0.15, -0.1) is 0 Å². The van der Waals surface area contributed by atoms with E-state index in [9.17, 15) is 0 Å². The molecule has 0 aromatic carbocycles. The van der Waals surface area contributed by atoms with Gasteiger partial charge in [0.15, 0.2) is 0 Å². The standard InChI is InChI=1S/C15H24N2O/c1-3-8-17-14(15-5-4-12(2)18-15)11-13-6-9-16-10-7-13/h6-7,9-10,12,14-15,17H,3-5,8,11H2,1-2H3. The summed E-state index contributed by atoms with van der Waals surface area (Å²) in [4.78, 5) is 4.07. The normalized spacial score (nSPS) is 25.2. The lowest BCUT2D eigenvalue weighted by Gasteiger charge is -2.25. The summed E-state index contributed by atoms with van der Waals surface area (Å²) in [6.45, 7) is 5.43. The van der Waals surface area contributed by atoms with E-state index in [0.29, 0.717) is 18.2 Å². The Bertz CT molecular complexity index is 342. The quantitative estimate of drug-likeness (QED) is 0.840. The minimum absolute atomic E-state index is 0.361. The van der Waals surface area contributed by atoms with E-state index in [0.717, 1.165) is 19.4 Å². The number of nitrogens with one attached hydrogen (secondary N) is 1. The lowest BCUT2D eigenvalue weighted by atomic mass is 10.00. The highest BCUT2D eigenvalue weighted by atomic mass is 16.5. The molecule has 18 heavy (non-hydrogen) atoms. The van der Waals surface area contributed by atoms with Gasteiger partial charge in [0.25, 0.3) is 0 Å². The van der Waals surface area contributed by atoms with Crippen LogP contribution >= 0.6 is 0 Å². The van der Waals surface area contributed by atoms with Gasteiger partial charge in [0.2, 0.25) is 0 Å². The first kappa shape index (κ1) is 13.5. The number of nitrogens with zero attached hydrogens (tertiary/aromatic N) is 1. The predicted molar refractivity (Wildman–Crippen MR) is 73.6 cm³/mol. The predicted octanol–water partition coefficient (Wildman–Crippen LogP) is 2.56. The Hall–Kier alpha value is -0.930. The smallest absolute Gasteiger partial charge is 0.0735 e. The SMILES string of the molecule is CCCNC(Cc1ccncc1)C1CCC(C)O1. The van der Waals surface area contributed by atoms with E-state index >= 15 is 0 Å². The molecule has 100 valence electrons. The van der Waals surface area contributed by atoms with E-state index in [2.05, 4.69) is 36.3 Å². The van der Waals surface area contributed by atoms with E-state index in [-0.39, 0.29) is 0 Å². The Labute approximate surface area is 110 Å². The van der Waals surface area contributed by atoms with Gasteiger partial charge in [0, 0.05) is 18.4 Å². The van der Waals surface area contributed by atoms with Gasteiger partial charge < -0.3 is 10.1 Å². The molecule has 0 radical (unpaired) electrons. The molecule has 3 nitrogen and oxygen atoms in total. The van der Waals surface area contributed by atoms with Gasteiger partial charge in [-0.2, -0.15) is 0 Å². The summed E-state index contributed by atoms with van der Waals surface area (Å²) in [6.07, 6.45) is 9.06. The zero-order valence-electron chi connectivity index (χ0n) is 11.4. The zero-order valence-corrected chi connectivity index (χ0v) is 11.4. The first-order valence-electron chi connectivity index (χ1n) is 7.07. The van der Waals surface area contributed by atoms with Crippen LogP contribution in [0.5, 0.6) is 0 Å². The van der Waals surface area contributed by atoms with Crippen molar-refractivity contribution in [1.29, 1.82) is 0 Å². The molecule has 1 fully saturated rings. The summed E-state index contributed by atoms with van der Waals surface area (Å²) >= 11 is 0. The van der Waals surface area contributed by atoms with E-state index in [4.69, 9.17) is 4.74 Å². The van der Waals surface area contributed by atoms with Crippen LogP contribution in [-0.4, -0.2) is 29.8 Å². The van der Waals surface area contributed by atoms with Crippen LogP contribution in [0.3, 0.4) is 0 Å². The third kappa shape index (κ3) is 3.79. The lowest BCUT2D eigenvalue weighted by Crippen LogP contribution is -2.42. The third-order valence-corrected chi connectivity index (χ3v) is 3.58. The van der Waals surface area contributed by atoms with Crippen LogP contribution in [0.15, 0.2) is 24.5 Å². The summed E-state index contributed by atoms with van der Waals surface area (Å²) in [5, 5.41) is 3.63. The van der Waals surface area contributed by atoms with E-state index in [1.165, 1.54) is 18.4 Å². The summed E-state index contributed by atoms with van der Waals surface area (Å²) in [6, 6.07) is 4.62. The molecule has 2 rings (SSSR count). The van der Waals surface area contributed by atoms with Crippen LogP contribution in [0.4, 0.5) is 0 Å². The molecule has 1 aliphatic rings. The minimum Gasteiger partial charge on any atom is -0.374 e. The van der Waals surface area contributed by atoms with Crippen LogP contribution in [0.2, 0.25) is 0 Å². The summed E-state index contributed by atoms with van der Waals surface area (Å²) in [7, 11) is 0. The molecule has 0 saturated carbocycles. The maximum atomic E-state index is 6.01. The van der Waals surface area contributed by atoms with Gasteiger partial charge in [-0.05, 0) is 56.8 Å². The third-order valence-electron chi connectivity index (χ3n) is 3.58. The first-order valence-corrected chi connectivity index (χ1v) is 7.07. The average Bonchev–Trinajstić information content (AvgIpc) is 2.82.